The summed E-state index contributed by atoms with van der Waals surface area (Å²) < 4.78 is 116. The number of carboxylic acids is 1. The van der Waals surface area contributed by atoms with Crippen LogP contribution in [0.3, 0.4) is 0 Å². The number of piperazine rings is 1. The van der Waals surface area contributed by atoms with Gasteiger partial charge in [-0.25, -0.2) is 26.2 Å². The maximum atomic E-state index is 14.3. The van der Waals surface area contributed by atoms with Gasteiger partial charge in [0.2, 0.25) is 0 Å². The lowest BCUT2D eigenvalue weighted by atomic mass is 9.97. The number of alkyl halides is 3. The zero-order valence-electron chi connectivity index (χ0n) is 35.9. The van der Waals surface area contributed by atoms with Crippen molar-refractivity contribution in [2.24, 2.45) is 5.92 Å². The van der Waals surface area contributed by atoms with E-state index in [4.69, 9.17) is 9.79 Å². The van der Waals surface area contributed by atoms with Crippen molar-refractivity contribution in [3.05, 3.63) is 121 Å². The summed E-state index contributed by atoms with van der Waals surface area (Å²) in [5.74, 6) is -0.760. The van der Waals surface area contributed by atoms with Crippen molar-refractivity contribution in [3.63, 3.8) is 0 Å². The molecule has 3 heterocycles. The van der Waals surface area contributed by atoms with Gasteiger partial charge in [0.15, 0.2) is 0 Å². The van der Waals surface area contributed by atoms with Gasteiger partial charge in [-0.05, 0) is 117 Å². The number of phosphoric acid groups is 1. The number of sulfonamides is 1. The molecule has 1 atom stereocenters. The highest BCUT2D eigenvalue weighted by molar-refractivity contribution is 7.99. The second kappa shape index (κ2) is 21.1. The smallest absolute Gasteiger partial charge is 0.478 e. The van der Waals surface area contributed by atoms with E-state index in [2.05, 4.69) is 29.3 Å². The van der Waals surface area contributed by atoms with Crippen LogP contribution in [0.2, 0.25) is 0 Å². The first kappa shape index (κ1) is 49.8. The highest BCUT2D eigenvalue weighted by atomic mass is 32.2. The molecule has 1 aromatic heterocycles. The molecule has 5 N–H and O–H groups in total. The van der Waals surface area contributed by atoms with Crippen molar-refractivity contribution in [3.8, 4) is 5.69 Å². The minimum Gasteiger partial charge on any atom is -0.478 e. The van der Waals surface area contributed by atoms with E-state index < -0.39 is 60.7 Å². The van der Waals surface area contributed by atoms with E-state index >= 15 is 0 Å². The third-order valence-electron chi connectivity index (χ3n) is 11.6. The molecule has 5 aromatic rings. The molecule has 7 rings (SSSR count). The van der Waals surface area contributed by atoms with Crippen LogP contribution in [-0.4, -0.2) is 117 Å². The maximum absolute atomic E-state index is 14.3. The molecule has 2 saturated heterocycles. The number of carboxylic acid groups (broad SMARTS) is 1. The highest BCUT2D eigenvalue weighted by Crippen LogP contribution is 2.39. The first-order valence-corrected chi connectivity index (χ1v) is 26.7. The van der Waals surface area contributed by atoms with Crippen molar-refractivity contribution in [2.45, 2.75) is 45.5 Å². The van der Waals surface area contributed by atoms with E-state index in [1.165, 1.54) is 30.0 Å². The minimum atomic E-state index is -6.06. The Hall–Kier alpha value is -5.06. The Balaban J connectivity index is 1.02. The first-order chi connectivity index (χ1) is 31.7. The number of phosphoric ester groups is 1. The van der Waals surface area contributed by atoms with Crippen LogP contribution in [-0.2, 0) is 28.9 Å². The number of nitrogens with one attached hydrogen (secondary N) is 2. The van der Waals surface area contributed by atoms with Crippen LogP contribution in [0, 0.1) is 5.92 Å². The number of hydrogen-bond acceptors (Lipinski definition) is 12. The molecule has 67 heavy (non-hydrogen) atoms. The van der Waals surface area contributed by atoms with Crippen molar-refractivity contribution < 1.29 is 58.8 Å². The van der Waals surface area contributed by atoms with Crippen LogP contribution in [0.1, 0.15) is 29.6 Å². The molecule has 0 bridgehead atoms. The molecule has 2 fully saturated rings. The van der Waals surface area contributed by atoms with Crippen LogP contribution >= 0.6 is 19.6 Å². The molecule has 1 unspecified atom stereocenters. The average Bonchev–Trinajstić information content (AvgIpc) is 3.81. The zero-order valence-corrected chi connectivity index (χ0v) is 39.2. The van der Waals surface area contributed by atoms with Gasteiger partial charge in [0.05, 0.1) is 22.8 Å². The van der Waals surface area contributed by atoms with Gasteiger partial charge < -0.3 is 39.5 Å². The second-order valence-corrected chi connectivity index (χ2v) is 22.1. The lowest BCUT2D eigenvalue weighted by Crippen LogP contribution is -2.46. The van der Waals surface area contributed by atoms with E-state index in [1.54, 1.807) is 29.1 Å². The Labute approximate surface area is 390 Å². The topological polar surface area (TPSA) is 211 Å². The van der Waals surface area contributed by atoms with Gasteiger partial charge in [-0.2, -0.15) is 13.2 Å². The van der Waals surface area contributed by atoms with Crippen molar-refractivity contribution in [1.29, 1.82) is 0 Å². The minimum absolute atomic E-state index is 0.0644. The van der Waals surface area contributed by atoms with Crippen LogP contribution in [0.4, 0.5) is 35.9 Å². The number of hydrogen-bond donors (Lipinski definition) is 5. The molecule has 2 aliphatic heterocycles. The normalized spacial score (nSPS) is 16.2. The monoisotopic (exact) mass is 1010 g/mol. The molecule has 0 spiro atoms. The predicted octanol–water partition coefficient (Wildman–Crippen LogP) is 7.38. The second-order valence-electron chi connectivity index (χ2n) is 16.2. The number of benzene rings is 4. The van der Waals surface area contributed by atoms with Gasteiger partial charge in [-0.15, -0.1) is 11.8 Å². The maximum Gasteiger partial charge on any atom is 0.501 e. The number of halogens is 3. The number of sulfone groups is 1. The molecule has 16 nitrogen and oxygen atoms in total. The van der Waals surface area contributed by atoms with Crippen molar-refractivity contribution >= 4 is 68.2 Å². The summed E-state index contributed by atoms with van der Waals surface area (Å²) >= 11 is 1.41. The fraction of sp³-hybridized carbons (Fsp3) is 0.341. The summed E-state index contributed by atoms with van der Waals surface area (Å²) in [6, 6.07) is 27.0. The Bertz CT molecular complexity index is 2770. The molecule has 2 aliphatic rings. The summed E-state index contributed by atoms with van der Waals surface area (Å²) in [4.78, 5) is 34.9. The number of thioether (sulfide) groups is 1. The molecule has 23 heteroatoms. The van der Waals surface area contributed by atoms with Gasteiger partial charge in [-0.3, -0.25) is 9.25 Å². The summed E-state index contributed by atoms with van der Waals surface area (Å²) in [7, 11) is -15.3. The third-order valence-corrected chi connectivity index (χ3v) is 16.2. The van der Waals surface area contributed by atoms with Crippen LogP contribution < -0.4 is 19.8 Å². The fourth-order valence-electron chi connectivity index (χ4n) is 7.90. The number of piperidine rings is 1. The van der Waals surface area contributed by atoms with E-state index in [1.807, 2.05) is 54.6 Å². The van der Waals surface area contributed by atoms with Gasteiger partial charge in [-0.1, -0.05) is 24.3 Å². The number of carbonyl (C=O) groups is 1. The Morgan fingerprint density at radius 1 is 0.821 bits per heavy atom. The number of rotatable bonds is 19. The third kappa shape index (κ3) is 13.1. The number of likely N-dealkylation sites (tertiary alicyclic amines) is 1. The van der Waals surface area contributed by atoms with Gasteiger partial charge in [0.25, 0.3) is 19.9 Å². The largest absolute Gasteiger partial charge is 0.501 e. The number of aromatic nitrogens is 1. The SMILES string of the molecule is O=C(O)c1ccn(-c2cccc(N3CCN(c4ccc(NS(=O)(=O)c5ccc(NC(CCN6CCC(COP(=O)(O)O)CC6)CSc6ccccc6)c(S(=O)(=O)C(F)(F)F)c5)cc4)CC3)c2)c1. The lowest BCUT2D eigenvalue weighted by Gasteiger charge is -2.37. The Morgan fingerprint density at radius 3 is 2.10 bits per heavy atom. The Morgan fingerprint density at radius 2 is 1.48 bits per heavy atom. The predicted molar refractivity (Wildman–Crippen MR) is 250 cm³/mol. The molecule has 0 saturated carbocycles. The first-order valence-electron chi connectivity index (χ1n) is 21.2. The molecule has 0 amide bonds. The van der Waals surface area contributed by atoms with Crippen molar-refractivity contribution in [2.75, 3.05) is 78.0 Å². The zero-order chi connectivity index (χ0) is 48.0. The summed E-state index contributed by atoms with van der Waals surface area (Å²) in [5.41, 5.74) is -3.29. The van der Waals surface area contributed by atoms with Crippen LogP contribution in [0.5, 0.6) is 0 Å². The molecular weight excluding hydrogens is 957 g/mol. The lowest BCUT2D eigenvalue weighted by molar-refractivity contribution is -0.0436. The van der Waals surface area contributed by atoms with Crippen LogP contribution in [0.15, 0.2) is 130 Å². The number of anilines is 4. The summed E-state index contributed by atoms with van der Waals surface area (Å²) in [6.45, 7) is 4.10. The number of nitrogens with zero attached hydrogens (tertiary/aromatic N) is 4. The quantitative estimate of drug-likeness (QED) is 0.0404. The molecule has 360 valence electrons. The van der Waals surface area contributed by atoms with Gasteiger partial charge in [0.1, 0.15) is 4.90 Å². The number of aromatic carboxylic acids is 1. The van der Waals surface area contributed by atoms with E-state index in [0.29, 0.717) is 76.9 Å². The summed E-state index contributed by atoms with van der Waals surface area (Å²) in [5, 5.41) is 12.3. The van der Waals surface area contributed by atoms with Crippen LogP contribution in [0.25, 0.3) is 5.69 Å². The summed E-state index contributed by atoms with van der Waals surface area (Å²) in [6.07, 6.45) is 4.81. The van der Waals surface area contributed by atoms with Gasteiger partial charge >= 0.3 is 19.3 Å². The van der Waals surface area contributed by atoms with Crippen molar-refractivity contribution in [1.82, 2.24) is 9.47 Å². The molecule has 4 aromatic carbocycles. The molecule has 0 radical (unpaired) electrons. The Kier molecular flexibility index (Phi) is 15.7. The molecule has 0 aliphatic carbocycles. The van der Waals surface area contributed by atoms with Gasteiger partial charge in [0, 0.05) is 84.6 Å². The highest BCUT2D eigenvalue weighted by Gasteiger charge is 2.48. The van der Waals surface area contributed by atoms with E-state index in [-0.39, 0.29) is 23.8 Å². The van der Waals surface area contributed by atoms with E-state index in [9.17, 15) is 44.5 Å². The standard InChI is InChI=1S/C44H50F3N6O10PS3/c45-44(46,47)66(59,60)42-28-40(13-14-41(42)48-35(31-65-39-7-2-1-3-8-39)18-21-50-19-15-32(16-20-50)30-63-64(56,57)58)67(61,62)49-34-9-11-36(12-10-34)51-23-25-52(26-24-51)37-5-4-6-38(27-37)53-22-17-33(29-53)43(54)55/h1-14,17,22,27-29,32,35,48-49H,15-16,18-21,23-26,30-31H2,(H,54,55)(H2,56,57,58). The fourth-order valence-corrected chi connectivity index (χ4v) is 11.4. The van der Waals surface area contributed by atoms with E-state index in [0.717, 1.165) is 34.1 Å². The average molecular weight is 1010 g/mol. The molecular formula is C44H50F3N6O10PS3.